The van der Waals surface area contributed by atoms with Crippen molar-refractivity contribution in [2.24, 2.45) is 5.73 Å². The van der Waals surface area contributed by atoms with Crippen LogP contribution in [-0.4, -0.2) is 83.9 Å². The summed E-state index contributed by atoms with van der Waals surface area (Å²) in [4.78, 5) is 2.32. The fourth-order valence-electron chi connectivity index (χ4n) is 1.99. The highest BCUT2D eigenvalue weighted by atomic mass is 16.6. The number of piperidine rings is 1. The molecule has 0 aromatic carbocycles. The first kappa shape index (κ1) is 24.1. The number of nitrogens with two attached hydrogens (primary N) is 1. The van der Waals surface area contributed by atoms with Gasteiger partial charge in [0.15, 0.2) is 0 Å². The summed E-state index contributed by atoms with van der Waals surface area (Å²) in [6.45, 7) is 10.4. The molecule has 6 nitrogen and oxygen atoms in total. The van der Waals surface area contributed by atoms with E-state index in [0.717, 1.165) is 6.42 Å². The normalized spacial score (nSPS) is 15.2. The van der Waals surface area contributed by atoms with Crippen LogP contribution in [0.5, 0.6) is 0 Å². The van der Waals surface area contributed by atoms with Crippen LogP contribution in [0, 0.1) is 12.3 Å². The summed E-state index contributed by atoms with van der Waals surface area (Å²) in [5.74, 6) is 2.38. The molecular formula is C19H36N2O4. The lowest BCUT2D eigenvalue weighted by atomic mass is 10.1. The zero-order chi connectivity index (χ0) is 18.6. The molecule has 0 aromatic heterocycles. The summed E-state index contributed by atoms with van der Waals surface area (Å²) >= 11 is 0. The van der Waals surface area contributed by atoms with E-state index in [9.17, 15) is 0 Å². The summed E-state index contributed by atoms with van der Waals surface area (Å²) in [6.07, 6.45) is 10.1. The van der Waals surface area contributed by atoms with Crippen molar-refractivity contribution in [2.75, 3.05) is 73.0 Å². The molecule has 0 aromatic rings. The first-order valence-electron chi connectivity index (χ1n) is 9.00. The summed E-state index contributed by atoms with van der Waals surface area (Å²) < 4.78 is 20.9. The van der Waals surface area contributed by atoms with E-state index < -0.39 is 0 Å². The van der Waals surface area contributed by atoms with Gasteiger partial charge in [-0.05, 0) is 39.4 Å². The molecule has 0 spiro atoms. The molecule has 0 bridgehead atoms. The number of ether oxygens (including phenoxy) is 4. The van der Waals surface area contributed by atoms with Gasteiger partial charge in [-0.15, -0.1) is 13.0 Å². The Morgan fingerprint density at radius 3 is 1.92 bits per heavy atom. The van der Waals surface area contributed by atoms with Crippen molar-refractivity contribution < 1.29 is 18.9 Å². The second kappa shape index (κ2) is 19.4. The molecule has 0 saturated carbocycles. The summed E-state index contributed by atoms with van der Waals surface area (Å²) in [5, 5.41) is 0. The topological polar surface area (TPSA) is 66.2 Å². The first-order chi connectivity index (χ1) is 12.2. The fourth-order valence-corrected chi connectivity index (χ4v) is 1.99. The summed E-state index contributed by atoms with van der Waals surface area (Å²) in [5.41, 5.74) is 5.67. The van der Waals surface area contributed by atoms with Crippen LogP contribution >= 0.6 is 0 Å². The average molecular weight is 357 g/mol. The lowest BCUT2D eigenvalue weighted by Gasteiger charge is -2.25. The van der Waals surface area contributed by atoms with E-state index >= 15 is 0 Å². The highest BCUT2D eigenvalue weighted by Gasteiger charge is 2.11. The maximum atomic E-state index is 5.67. The van der Waals surface area contributed by atoms with Crippen LogP contribution in [0.1, 0.15) is 19.3 Å². The van der Waals surface area contributed by atoms with E-state index in [1.807, 2.05) is 6.08 Å². The molecule has 0 radical (unpaired) electrons. The standard InChI is InChI=1S/C13H22O4.C6H14N2/c1-3-5-7-15-9-11-17-13-12-16-10-8-14-6-4-2;1-8-4-2-6(7)3-5-8/h2-3H,1,5-13H2;6H,2-5,7H2,1H3. The third-order valence-corrected chi connectivity index (χ3v) is 3.53. The van der Waals surface area contributed by atoms with Crippen LogP contribution in [0.4, 0.5) is 0 Å². The Balaban J connectivity index is 0.000000593. The minimum Gasteiger partial charge on any atom is -0.379 e. The van der Waals surface area contributed by atoms with E-state index in [2.05, 4.69) is 24.4 Å². The van der Waals surface area contributed by atoms with E-state index in [0.29, 0.717) is 58.9 Å². The van der Waals surface area contributed by atoms with Gasteiger partial charge in [0.05, 0.1) is 46.2 Å². The molecule has 1 heterocycles. The van der Waals surface area contributed by atoms with Crippen molar-refractivity contribution in [2.45, 2.75) is 25.3 Å². The molecule has 0 amide bonds. The van der Waals surface area contributed by atoms with Crippen LogP contribution in [0.2, 0.25) is 0 Å². The molecule has 0 atom stereocenters. The van der Waals surface area contributed by atoms with Crippen molar-refractivity contribution in [1.82, 2.24) is 4.90 Å². The minimum absolute atomic E-state index is 0.335. The lowest BCUT2D eigenvalue weighted by molar-refractivity contribution is 0.00185. The molecule has 1 fully saturated rings. The van der Waals surface area contributed by atoms with Crippen molar-refractivity contribution >= 4 is 0 Å². The van der Waals surface area contributed by atoms with Crippen LogP contribution in [0.15, 0.2) is 12.7 Å². The van der Waals surface area contributed by atoms with Crippen molar-refractivity contribution in [3.63, 3.8) is 0 Å². The quantitative estimate of drug-likeness (QED) is 0.305. The van der Waals surface area contributed by atoms with Gasteiger partial charge in [0.2, 0.25) is 0 Å². The average Bonchev–Trinajstić information content (AvgIpc) is 2.62. The maximum absolute atomic E-state index is 5.67. The molecule has 25 heavy (non-hydrogen) atoms. The number of likely N-dealkylation sites (tertiary alicyclic amines) is 1. The number of rotatable bonds is 13. The zero-order valence-corrected chi connectivity index (χ0v) is 15.8. The van der Waals surface area contributed by atoms with Gasteiger partial charge < -0.3 is 29.6 Å². The maximum Gasteiger partial charge on any atom is 0.107 e. The predicted octanol–water partition coefficient (Wildman–Crippen LogP) is 1.30. The Hall–Kier alpha value is -0.940. The zero-order valence-electron chi connectivity index (χ0n) is 15.8. The molecular weight excluding hydrogens is 320 g/mol. The molecule has 146 valence electrons. The number of nitrogens with zero attached hydrogens (tertiary/aromatic N) is 1. The monoisotopic (exact) mass is 356 g/mol. The van der Waals surface area contributed by atoms with E-state index in [4.69, 9.17) is 31.1 Å². The van der Waals surface area contributed by atoms with Crippen molar-refractivity contribution in [3.8, 4) is 12.3 Å². The van der Waals surface area contributed by atoms with Crippen molar-refractivity contribution in [1.29, 1.82) is 0 Å². The summed E-state index contributed by atoms with van der Waals surface area (Å²) in [6, 6.07) is 0.478. The van der Waals surface area contributed by atoms with Crippen LogP contribution < -0.4 is 5.73 Å². The minimum atomic E-state index is 0.335. The highest BCUT2D eigenvalue weighted by molar-refractivity contribution is 4.82. The van der Waals surface area contributed by atoms with Gasteiger partial charge in [-0.3, -0.25) is 0 Å². The highest BCUT2D eigenvalue weighted by Crippen LogP contribution is 2.04. The third-order valence-electron chi connectivity index (χ3n) is 3.53. The number of hydrogen-bond acceptors (Lipinski definition) is 6. The Morgan fingerprint density at radius 1 is 1.00 bits per heavy atom. The van der Waals surface area contributed by atoms with Crippen LogP contribution in [-0.2, 0) is 18.9 Å². The molecule has 1 saturated heterocycles. The van der Waals surface area contributed by atoms with Crippen molar-refractivity contribution in [3.05, 3.63) is 12.7 Å². The molecule has 0 unspecified atom stereocenters. The Morgan fingerprint density at radius 2 is 1.48 bits per heavy atom. The third kappa shape index (κ3) is 19.2. The SMILES string of the molecule is C#CCOCCOCCOCCOCCC=C.CN1CCC(N)CC1. The lowest BCUT2D eigenvalue weighted by Crippen LogP contribution is -2.37. The van der Waals surface area contributed by atoms with Gasteiger partial charge in [0.25, 0.3) is 0 Å². The molecule has 6 heteroatoms. The predicted molar refractivity (Wildman–Crippen MR) is 102 cm³/mol. The van der Waals surface area contributed by atoms with Gasteiger partial charge >= 0.3 is 0 Å². The van der Waals surface area contributed by atoms with Gasteiger partial charge in [0, 0.05) is 6.04 Å². The Bertz CT molecular complexity index is 316. The number of hydrogen-bond donors (Lipinski definition) is 1. The van der Waals surface area contributed by atoms with E-state index in [1.54, 1.807) is 0 Å². The molecule has 1 aliphatic rings. The van der Waals surface area contributed by atoms with Gasteiger partial charge in [-0.1, -0.05) is 12.0 Å². The van der Waals surface area contributed by atoms with Crippen LogP contribution in [0.25, 0.3) is 0 Å². The fraction of sp³-hybridized carbons (Fsp3) is 0.789. The molecule has 2 N–H and O–H groups in total. The molecule has 0 aliphatic carbocycles. The van der Waals surface area contributed by atoms with E-state index in [-0.39, 0.29) is 0 Å². The largest absolute Gasteiger partial charge is 0.379 e. The second-order valence-corrected chi connectivity index (χ2v) is 5.81. The van der Waals surface area contributed by atoms with Gasteiger partial charge in [0.1, 0.15) is 6.61 Å². The Labute approximate surface area is 153 Å². The summed E-state index contributed by atoms with van der Waals surface area (Å²) in [7, 11) is 2.14. The van der Waals surface area contributed by atoms with Crippen LogP contribution in [0.3, 0.4) is 0 Å². The first-order valence-corrected chi connectivity index (χ1v) is 9.00. The molecule has 1 aliphatic heterocycles. The Kier molecular flexibility index (Phi) is 18.7. The number of terminal acetylenes is 1. The molecule has 1 rings (SSSR count). The van der Waals surface area contributed by atoms with Gasteiger partial charge in [-0.2, -0.15) is 0 Å². The van der Waals surface area contributed by atoms with E-state index in [1.165, 1.54) is 25.9 Å². The van der Waals surface area contributed by atoms with Gasteiger partial charge in [-0.25, -0.2) is 0 Å². The smallest absolute Gasteiger partial charge is 0.107 e. The second-order valence-electron chi connectivity index (χ2n) is 5.81.